The van der Waals surface area contributed by atoms with Crippen molar-refractivity contribution in [1.29, 1.82) is 0 Å². The summed E-state index contributed by atoms with van der Waals surface area (Å²) >= 11 is 13.3. The first-order valence-corrected chi connectivity index (χ1v) is 22.0. The molecule has 63 heavy (non-hydrogen) atoms. The molecule has 1 aliphatic heterocycles. The molecule has 19 heteroatoms. The maximum Gasteiger partial charge on any atom is 0.263 e. The number of fused-ring (bicyclic) bond motifs is 1. The van der Waals surface area contributed by atoms with Crippen LogP contribution in [0.25, 0.3) is 0 Å². The van der Waals surface area contributed by atoms with Crippen LogP contribution in [0.5, 0.6) is 11.5 Å². The lowest BCUT2D eigenvalue weighted by atomic mass is 10.0. The highest BCUT2D eigenvalue weighted by Gasteiger charge is 2.36. The van der Waals surface area contributed by atoms with Crippen molar-refractivity contribution in [3.05, 3.63) is 76.0 Å². The molecule has 1 atom stereocenters. The lowest BCUT2D eigenvalue weighted by Gasteiger charge is -2.38. The molecule has 1 aromatic heterocycles. The first-order valence-electron chi connectivity index (χ1n) is 21.2. The zero-order chi connectivity index (χ0) is 44.8. The number of rotatable bonds is 31. The van der Waals surface area contributed by atoms with Crippen molar-refractivity contribution >= 4 is 58.2 Å². The van der Waals surface area contributed by atoms with E-state index in [2.05, 4.69) is 21.3 Å². The minimum absolute atomic E-state index is 0.0882. The van der Waals surface area contributed by atoms with Crippen molar-refractivity contribution in [3.8, 4) is 11.5 Å². The number of halogens is 2. The molecule has 17 nitrogen and oxygen atoms in total. The van der Waals surface area contributed by atoms with Gasteiger partial charge in [-0.3, -0.25) is 24.2 Å². The van der Waals surface area contributed by atoms with Gasteiger partial charge >= 0.3 is 0 Å². The fourth-order valence-corrected chi connectivity index (χ4v) is 7.18. The molecule has 1 aliphatic carbocycles. The number of amides is 4. The van der Waals surface area contributed by atoms with E-state index in [-0.39, 0.29) is 37.0 Å². The molecule has 0 bridgehead atoms. The lowest BCUT2D eigenvalue weighted by Crippen LogP contribution is -2.45. The third-order valence-electron chi connectivity index (χ3n) is 10.1. The number of carbonyl (C=O) groups excluding carboxylic acids is 4. The quantitative estimate of drug-likeness (QED) is 0.0768. The Morgan fingerprint density at radius 1 is 0.746 bits per heavy atom. The van der Waals surface area contributed by atoms with Crippen molar-refractivity contribution in [1.82, 2.24) is 10.3 Å². The Morgan fingerprint density at radius 2 is 1.35 bits per heavy atom. The Bertz CT molecular complexity index is 1940. The molecule has 1 saturated carbocycles. The Labute approximate surface area is 377 Å². The number of nitrogens with one attached hydrogen (secondary N) is 1. The molecule has 5 N–H and O–H groups in total. The summed E-state index contributed by atoms with van der Waals surface area (Å²) < 4.78 is 39.0. The molecule has 0 radical (unpaired) electrons. The van der Waals surface area contributed by atoms with Crippen LogP contribution in [0.15, 0.2) is 54.9 Å². The Morgan fingerprint density at radius 3 is 1.95 bits per heavy atom. The van der Waals surface area contributed by atoms with Gasteiger partial charge in [-0.05, 0) is 55.5 Å². The van der Waals surface area contributed by atoms with Crippen molar-refractivity contribution in [2.75, 3.05) is 109 Å². The smallest absolute Gasteiger partial charge is 0.263 e. The van der Waals surface area contributed by atoms with Crippen LogP contribution in [-0.2, 0) is 49.2 Å². The third-order valence-corrected chi connectivity index (χ3v) is 10.8. The van der Waals surface area contributed by atoms with Crippen LogP contribution in [0, 0.1) is 5.92 Å². The average molecular weight is 918 g/mol. The minimum atomic E-state index is -0.626. The first kappa shape index (κ1) is 49.4. The molecule has 5 rings (SSSR count). The number of nitrogens with zero attached hydrogens (tertiary/aromatic N) is 3. The van der Waals surface area contributed by atoms with Gasteiger partial charge in [-0.1, -0.05) is 35.3 Å². The number of primary amides is 2. The summed E-state index contributed by atoms with van der Waals surface area (Å²) in [7, 11) is 0. The highest BCUT2D eigenvalue weighted by Crippen LogP contribution is 2.41. The van der Waals surface area contributed by atoms with E-state index in [9.17, 15) is 19.2 Å². The van der Waals surface area contributed by atoms with Gasteiger partial charge in [0, 0.05) is 74.5 Å². The Hall–Kier alpha value is -4.59. The molecule has 2 aliphatic rings. The Balaban J connectivity index is 0.867. The number of aryl methyl sites for hydroxylation is 1. The summed E-state index contributed by atoms with van der Waals surface area (Å²) in [6.07, 6.45) is 6.18. The average Bonchev–Trinajstić information content (AvgIpc) is 4.12. The highest BCUT2D eigenvalue weighted by atomic mass is 35.5. The molecule has 0 saturated heterocycles. The van der Waals surface area contributed by atoms with Gasteiger partial charge in [0.1, 0.15) is 17.1 Å². The number of carbonyl (C=O) groups is 4. The van der Waals surface area contributed by atoms with Gasteiger partial charge in [0.05, 0.1) is 89.1 Å². The molecular formula is C44H58Cl2N6O11. The summed E-state index contributed by atoms with van der Waals surface area (Å²) in [5.41, 5.74) is 13.3. The number of nitrogens with two attached hydrogens (primary N) is 2. The van der Waals surface area contributed by atoms with E-state index in [1.54, 1.807) is 29.3 Å². The monoisotopic (exact) mass is 916 g/mol. The van der Waals surface area contributed by atoms with E-state index in [1.165, 1.54) is 19.0 Å². The second-order valence-corrected chi connectivity index (χ2v) is 15.6. The summed E-state index contributed by atoms with van der Waals surface area (Å²) in [5.74, 6) is -1.56. The van der Waals surface area contributed by atoms with Gasteiger partial charge < -0.3 is 59.7 Å². The van der Waals surface area contributed by atoms with Crippen LogP contribution < -0.4 is 31.3 Å². The maximum absolute atomic E-state index is 14.0. The maximum atomic E-state index is 14.0. The molecular weight excluding hydrogens is 859 g/mol. The van der Waals surface area contributed by atoms with E-state index in [1.807, 2.05) is 18.2 Å². The van der Waals surface area contributed by atoms with Crippen molar-refractivity contribution in [2.45, 2.75) is 44.6 Å². The van der Waals surface area contributed by atoms with Crippen LogP contribution in [0.1, 0.15) is 48.0 Å². The van der Waals surface area contributed by atoms with E-state index < -0.39 is 17.7 Å². The topological polar surface area (TPSA) is 216 Å². The zero-order valence-corrected chi connectivity index (χ0v) is 37.0. The predicted octanol–water partition coefficient (Wildman–Crippen LogP) is 4.33. The molecule has 3 aromatic rings. The Kier molecular flexibility index (Phi) is 21.1. The second kappa shape index (κ2) is 26.9. The third kappa shape index (κ3) is 16.8. The van der Waals surface area contributed by atoms with Crippen LogP contribution in [0.3, 0.4) is 0 Å². The number of benzene rings is 2. The first-order chi connectivity index (χ1) is 30.6. The molecule has 1 fully saturated rings. The van der Waals surface area contributed by atoms with E-state index >= 15 is 0 Å². The highest BCUT2D eigenvalue weighted by molar-refractivity contribution is 6.34. The largest absolute Gasteiger partial charge is 0.455 e. The van der Waals surface area contributed by atoms with Gasteiger partial charge in [-0.2, -0.15) is 0 Å². The van der Waals surface area contributed by atoms with Crippen LogP contribution in [-0.4, -0.2) is 134 Å². The molecule has 344 valence electrons. The van der Waals surface area contributed by atoms with Crippen molar-refractivity contribution in [3.63, 3.8) is 0 Å². The van der Waals surface area contributed by atoms with Gasteiger partial charge in [0.2, 0.25) is 17.7 Å². The minimum Gasteiger partial charge on any atom is -0.455 e. The fraction of sp³-hybridized carbons (Fsp3) is 0.523. The van der Waals surface area contributed by atoms with Crippen molar-refractivity contribution < 1.29 is 52.3 Å². The number of hydrogen-bond acceptors (Lipinski definition) is 13. The summed E-state index contributed by atoms with van der Waals surface area (Å²) in [6, 6.07) is 13.4. The number of aromatic nitrogens is 1. The van der Waals surface area contributed by atoms with Gasteiger partial charge in [-0.15, -0.1) is 0 Å². The van der Waals surface area contributed by atoms with Crippen molar-refractivity contribution in [2.24, 2.45) is 17.4 Å². The van der Waals surface area contributed by atoms with Crippen LogP contribution in [0.2, 0.25) is 10.0 Å². The molecule has 2 aromatic carbocycles. The van der Waals surface area contributed by atoms with E-state index in [4.69, 9.17) is 67.8 Å². The van der Waals surface area contributed by atoms with Gasteiger partial charge in [0.25, 0.3) is 5.91 Å². The normalized spacial score (nSPS) is 14.0. The summed E-state index contributed by atoms with van der Waals surface area (Å²) in [4.78, 5) is 57.1. The van der Waals surface area contributed by atoms with Gasteiger partial charge in [0.15, 0.2) is 0 Å². The number of para-hydroxylation sites is 2. The number of anilines is 2. The molecule has 4 amide bonds. The van der Waals surface area contributed by atoms with Crippen LogP contribution >= 0.6 is 23.2 Å². The zero-order valence-electron chi connectivity index (χ0n) is 35.4. The van der Waals surface area contributed by atoms with Gasteiger partial charge in [-0.25, -0.2) is 0 Å². The lowest BCUT2D eigenvalue weighted by molar-refractivity contribution is -0.127. The number of hydrogen-bond donors (Lipinski definition) is 3. The number of ether oxygens (including phenoxy) is 7. The molecule has 0 spiro atoms. The van der Waals surface area contributed by atoms with Crippen LogP contribution in [0.4, 0.5) is 11.4 Å². The van der Waals surface area contributed by atoms with E-state index in [0.29, 0.717) is 132 Å². The SMILES string of the molecule is NC(=O)CC(CCOCCOCCOCCOCCOCCOCCNC(=O)CCc1cc(Cl)c(Oc2ccncc2C(=O)N2CCN(C3CC3)c3ccccc32)cc1Cl)C(N)=O. The molecule has 1 unspecified atom stereocenters. The second-order valence-electron chi connectivity index (χ2n) is 14.8. The number of pyridine rings is 1. The fourth-order valence-electron chi connectivity index (χ4n) is 6.71. The summed E-state index contributed by atoms with van der Waals surface area (Å²) in [5, 5.41) is 3.51. The predicted molar refractivity (Wildman–Crippen MR) is 237 cm³/mol. The summed E-state index contributed by atoms with van der Waals surface area (Å²) in [6.45, 7) is 6.16. The van der Waals surface area contributed by atoms with E-state index in [0.717, 1.165) is 17.9 Å². The molecule has 2 heterocycles. The standard InChI is InChI=1S/C44H58Cl2N6O11/c45-35-29-40(63-39-9-11-49-30-34(39)44(56)52-14-13-51(33-6-7-33)37-3-1-2-4-38(37)52)36(46)27-31(35)5-8-42(54)50-12-16-58-18-20-60-22-24-62-26-25-61-23-21-59-19-17-57-15-10-32(43(48)55)28-41(47)53/h1-4,9,11,27,29-30,32-33H,5-8,10,12-26,28H2,(H2,47,53)(H2,48,55)(H,50,54).